The van der Waals surface area contributed by atoms with Gasteiger partial charge in [0, 0.05) is 26.2 Å². The molecule has 0 spiro atoms. The Morgan fingerprint density at radius 2 is 2.11 bits per heavy atom. The third-order valence-electron chi connectivity index (χ3n) is 5.03. The molecule has 1 amide bonds. The number of carbonyl (C=O) groups excluding carboxylic acids is 1. The lowest BCUT2D eigenvalue weighted by Crippen LogP contribution is -2.45. The summed E-state index contributed by atoms with van der Waals surface area (Å²) in [6.45, 7) is 5.47. The lowest BCUT2D eigenvalue weighted by atomic mass is 9.84. The molecular formula is C21H34N4O2. The molecule has 6 heteroatoms. The third-order valence-corrected chi connectivity index (χ3v) is 5.03. The molecule has 1 aliphatic carbocycles. The minimum Gasteiger partial charge on any atom is -0.484 e. The van der Waals surface area contributed by atoms with Crippen LogP contribution in [-0.4, -0.2) is 38.1 Å². The predicted octanol–water partition coefficient (Wildman–Crippen LogP) is 2.84. The van der Waals surface area contributed by atoms with Crippen molar-refractivity contribution in [2.24, 2.45) is 10.9 Å². The highest BCUT2D eigenvalue weighted by Gasteiger charge is 2.21. The first-order valence-electron chi connectivity index (χ1n) is 10.1. The van der Waals surface area contributed by atoms with E-state index in [1.54, 1.807) is 7.05 Å². The van der Waals surface area contributed by atoms with Crippen molar-refractivity contribution in [1.29, 1.82) is 0 Å². The Kier molecular flexibility index (Phi) is 8.95. The fourth-order valence-electron chi connectivity index (χ4n) is 3.51. The van der Waals surface area contributed by atoms with E-state index in [4.69, 9.17) is 4.74 Å². The number of aliphatic imine (C=N–C) groups is 1. The van der Waals surface area contributed by atoms with Gasteiger partial charge in [-0.25, -0.2) is 0 Å². The van der Waals surface area contributed by atoms with Gasteiger partial charge in [-0.05, 0) is 43.4 Å². The molecule has 0 radical (unpaired) electrons. The molecule has 150 valence electrons. The lowest BCUT2D eigenvalue weighted by molar-refractivity contribution is -0.122. The van der Waals surface area contributed by atoms with Crippen LogP contribution in [0.25, 0.3) is 0 Å². The molecule has 1 aliphatic rings. The second-order valence-corrected chi connectivity index (χ2v) is 7.10. The van der Waals surface area contributed by atoms with Gasteiger partial charge in [0.15, 0.2) is 12.6 Å². The van der Waals surface area contributed by atoms with Crippen molar-refractivity contribution < 1.29 is 9.53 Å². The second kappa shape index (κ2) is 11.5. The Bertz CT molecular complexity index is 618. The number of benzene rings is 1. The quantitative estimate of drug-likeness (QED) is 0.483. The molecule has 1 saturated carbocycles. The van der Waals surface area contributed by atoms with Gasteiger partial charge in [0.1, 0.15) is 5.75 Å². The molecule has 2 atom stereocenters. The van der Waals surface area contributed by atoms with Crippen molar-refractivity contribution in [1.82, 2.24) is 16.0 Å². The van der Waals surface area contributed by atoms with E-state index in [1.165, 1.54) is 32.1 Å². The fraction of sp³-hybridized carbons (Fsp3) is 0.619. The van der Waals surface area contributed by atoms with Crippen molar-refractivity contribution >= 4 is 11.9 Å². The maximum Gasteiger partial charge on any atom is 0.257 e. The number of hydrogen-bond acceptors (Lipinski definition) is 3. The zero-order valence-corrected chi connectivity index (χ0v) is 16.9. The second-order valence-electron chi connectivity index (χ2n) is 7.10. The molecule has 2 rings (SSSR count). The van der Waals surface area contributed by atoms with Crippen LogP contribution in [0.5, 0.6) is 5.75 Å². The van der Waals surface area contributed by atoms with Crippen molar-refractivity contribution in [3.8, 4) is 5.75 Å². The van der Waals surface area contributed by atoms with E-state index < -0.39 is 0 Å². The summed E-state index contributed by atoms with van der Waals surface area (Å²) in [5.41, 5.74) is 1.08. The number of carbonyl (C=O) groups is 1. The number of rotatable bonds is 8. The topological polar surface area (TPSA) is 74.8 Å². The van der Waals surface area contributed by atoms with E-state index >= 15 is 0 Å². The zero-order valence-electron chi connectivity index (χ0n) is 16.9. The van der Waals surface area contributed by atoms with Crippen LogP contribution in [0.2, 0.25) is 0 Å². The van der Waals surface area contributed by atoms with Gasteiger partial charge in [0.2, 0.25) is 0 Å². The van der Waals surface area contributed by atoms with Crippen LogP contribution >= 0.6 is 0 Å². The molecule has 2 unspecified atom stereocenters. The van der Waals surface area contributed by atoms with E-state index in [1.807, 2.05) is 31.2 Å². The summed E-state index contributed by atoms with van der Waals surface area (Å²) in [6.07, 6.45) is 6.33. The van der Waals surface area contributed by atoms with Gasteiger partial charge in [-0.1, -0.05) is 38.3 Å². The van der Waals surface area contributed by atoms with Crippen LogP contribution in [0.3, 0.4) is 0 Å². The standard InChI is InChI=1S/C21H34N4O2/c1-4-16-8-6-10-18(12-16)25-21(22-3)24-14-17-9-7-11-19(13-17)27-15-20(26)23-5-2/h7,9,11,13,16,18H,4-6,8,10,12,14-15H2,1-3H3,(H,23,26)(H2,22,24,25). The van der Waals surface area contributed by atoms with Crippen molar-refractivity contribution in [2.45, 2.75) is 58.5 Å². The highest BCUT2D eigenvalue weighted by Crippen LogP contribution is 2.26. The average molecular weight is 375 g/mol. The summed E-state index contributed by atoms with van der Waals surface area (Å²) < 4.78 is 5.55. The Morgan fingerprint density at radius 1 is 1.26 bits per heavy atom. The van der Waals surface area contributed by atoms with Gasteiger partial charge < -0.3 is 20.7 Å². The van der Waals surface area contributed by atoms with Crippen LogP contribution in [0, 0.1) is 5.92 Å². The van der Waals surface area contributed by atoms with E-state index in [0.717, 1.165) is 17.4 Å². The molecule has 0 heterocycles. The predicted molar refractivity (Wildman–Crippen MR) is 110 cm³/mol. The number of hydrogen-bond donors (Lipinski definition) is 3. The summed E-state index contributed by atoms with van der Waals surface area (Å²) in [5.74, 6) is 2.25. The van der Waals surface area contributed by atoms with Gasteiger partial charge in [0.25, 0.3) is 5.91 Å². The number of likely N-dealkylation sites (N-methyl/N-ethyl adjacent to an activating group) is 1. The van der Waals surface area contributed by atoms with E-state index in [-0.39, 0.29) is 12.5 Å². The molecule has 3 N–H and O–H groups in total. The van der Waals surface area contributed by atoms with E-state index in [0.29, 0.717) is 24.9 Å². The van der Waals surface area contributed by atoms with Gasteiger partial charge in [0.05, 0.1) is 0 Å². The van der Waals surface area contributed by atoms with Crippen molar-refractivity contribution in [3.63, 3.8) is 0 Å². The monoisotopic (exact) mass is 374 g/mol. The zero-order chi connectivity index (χ0) is 19.5. The first-order valence-corrected chi connectivity index (χ1v) is 10.1. The van der Waals surface area contributed by atoms with Gasteiger partial charge in [-0.2, -0.15) is 0 Å². The van der Waals surface area contributed by atoms with Gasteiger partial charge in [-0.3, -0.25) is 9.79 Å². The van der Waals surface area contributed by atoms with Crippen LogP contribution in [0.15, 0.2) is 29.3 Å². The molecule has 1 fully saturated rings. The summed E-state index contributed by atoms with van der Waals surface area (Å²) in [7, 11) is 1.81. The summed E-state index contributed by atoms with van der Waals surface area (Å²) in [5, 5.41) is 9.67. The number of amides is 1. The van der Waals surface area contributed by atoms with Crippen LogP contribution in [-0.2, 0) is 11.3 Å². The van der Waals surface area contributed by atoms with Crippen LogP contribution < -0.4 is 20.7 Å². The Balaban J connectivity index is 1.81. The molecule has 0 aromatic heterocycles. The number of guanidine groups is 1. The van der Waals surface area contributed by atoms with Gasteiger partial charge >= 0.3 is 0 Å². The summed E-state index contributed by atoms with van der Waals surface area (Å²) >= 11 is 0. The maximum atomic E-state index is 11.5. The Morgan fingerprint density at radius 3 is 2.85 bits per heavy atom. The molecule has 0 bridgehead atoms. The number of nitrogens with one attached hydrogen (secondary N) is 3. The Labute approximate surface area is 163 Å². The molecule has 0 aliphatic heterocycles. The van der Waals surface area contributed by atoms with Crippen molar-refractivity contribution in [2.75, 3.05) is 20.2 Å². The average Bonchev–Trinajstić information content (AvgIpc) is 2.70. The first kappa shape index (κ1) is 21.1. The minimum absolute atomic E-state index is 0.0359. The molecule has 1 aromatic rings. The molecule has 27 heavy (non-hydrogen) atoms. The minimum atomic E-state index is -0.108. The van der Waals surface area contributed by atoms with Crippen molar-refractivity contribution in [3.05, 3.63) is 29.8 Å². The first-order chi connectivity index (χ1) is 13.1. The largest absolute Gasteiger partial charge is 0.484 e. The highest BCUT2D eigenvalue weighted by atomic mass is 16.5. The smallest absolute Gasteiger partial charge is 0.257 e. The normalized spacial score (nSPS) is 20.0. The van der Waals surface area contributed by atoms with Crippen LogP contribution in [0.1, 0.15) is 51.5 Å². The number of nitrogens with zero attached hydrogens (tertiary/aromatic N) is 1. The Hall–Kier alpha value is -2.24. The van der Waals surface area contributed by atoms with E-state index in [2.05, 4.69) is 27.9 Å². The van der Waals surface area contributed by atoms with E-state index in [9.17, 15) is 4.79 Å². The van der Waals surface area contributed by atoms with Gasteiger partial charge in [-0.15, -0.1) is 0 Å². The third kappa shape index (κ3) is 7.49. The summed E-state index contributed by atoms with van der Waals surface area (Å²) in [4.78, 5) is 15.9. The fourth-order valence-corrected chi connectivity index (χ4v) is 3.51. The highest BCUT2D eigenvalue weighted by molar-refractivity contribution is 5.80. The molecule has 6 nitrogen and oxygen atoms in total. The molecular weight excluding hydrogens is 340 g/mol. The summed E-state index contributed by atoms with van der Waals surface area (Å²) in [6, 6.07) is 8.29. The SMILES string of the molecule is CCNC(=O)COc1cccc(CNC(=NC)NC2CCCC(CC)C2)c1. The number of ether oxygens (including phenoxy) is 1. The van der Waals surface area contributed by atoms with Crippen LogP contribution in [0.4, 0.5) is 0 Å². The molecule has 0 saturated heterocycles. The lowest BCUT2D eigenvalue weighted by Gasteiger charge is -2.30. The molecule has 1 aromatic carbocycles. The maximum absolute atomic E-state index is 11.5.